The van der Waals surface area contributed by atoms with Crippen LogP contribution < -0.4 is 5.32 Å². The zero-order valence-corrected chi connectivity index (χ0v) is 9.02. The molecule has 6 nitrogen and oxygen atoms in total. The van der Waals surface area contributed by atoms with E-state index in [9.17, 15) is 9.59 Å². The summed E-state index contributed by atoms with van der Waals surface area (Å²) in [5.41, 5.74) is 0.359. The van der Waals surface area contributed by atoms with Crippen molar-refractivity contribution in [3.05, 3.63) is 23.7 Å². The molecule has 1 aromatic rings. The van der Waals surface area contributed by atoms with Gasteiger partial charge in [-0.2, -0.15) is 0 Å². The molecule has 0 radical (unpaired) electrons. The van der Waals surface area contributed by atoms with Crippen LogP contribution in [0, 0.1) is 6.92 Å². The van der Waals surface area contributed by atoms with Crippen LogP contribution in [0.15, 0.2) is 16.7 Å². The second-order valence-corrected chi connectivity index (χ2v) is 3.22. The van der Waals surface area contributed by atoms with Crippen molar-refractivity contribution in [3.63, 3.8) is 0 Å². The summed E-state index contributed by atoms with van der Waals surface area (Å²) in [6.07, 6.45) is 0.268. The van der Waals surface area contributed by atoms with Crippen molar-refractivity contribution >= 4 is 11.9 Å². The molecular weight excluding hydrogens is 214 g/mol. The highest BCUT2D eigenvalue weighted by Gasteiger charge is 2.18. The van der Waals surface area contributed by atoms with Gasteiger partial charge in [-0.15, -0.1) is 0 Å². The lowest BCUT2D eigenvalue weighted by Gasteiger charge is -2.10. The van der Waals surface area contributed by atoms with Crippen molar-refractivity contribution in [1.82, 2.24) is 5.32 Å². The van der Waals surface area contributed by atoms with Crippen LogP contribution in [0.1, 0.15) is 16.1 Å². The van der Waals surface area contributed by atoms with E-state index in [4.69, 9.17) is 9.52 Å². The van der Waals surface area contributed by atoms with Gasteiger partial charge in [0.1, 0.15) is 12.0 Å². The first kappa shape index (κ1) is 12.3. The van der Waals surface area contributed by atoms with Crippen molar-refractivity contribution in [2.75, 3.05) is 13.7 Å². The van der Waals surface area contributed by atoms with Crippen molar-refractivity contribution in [1.29, 1.82) is 0 Å². The molecule has 1 heterocycles. The Kier molecular flexibility index (Phi) is 4.07. The number of carbonyl (C=O) groups is 2. The minimum atomic E-state index is -1.12. The number of methoxy groups -OCH3 is 1. The molecule has 1 unspecified atom stereocenters. The van der Waals surface area contributed by atoms with Crippen molar-refractivity contribution in [2.45, 2.75) is 13.0 Å². The Morgan fingerprint density at radius 2 is 2.31 bits per heavy atom. The number of aliphatic carboxylic acids is 1. The molecule has 1 atom stereocenters. The minimum Gasteiger partial charge on any atom is -0.479 e. The van der Waals surface area contributed by atoms with Crippen molar-refractivity contribution in [3.8, 4) is 0 Å². The van der Waals surface area contributed by atoms with E-state index in [1.165, 1.54) is 13.4 Å². The van der Waals surface area contributed by atoms with E-state index >= 15 is 0 Å². The standard InChI is InChI=1S/C10H13NO5/c1-6-3-7(5-16-6)9(12)11-4-8(15-2)10(13)14/h3,5,8H,4H2,1-2H3,(H,11,12)(H,13,14). The van der Waals surface area contributed by atoms with Gasteiger partial charge >= 0.3 is 5.97 Å². The predicted octanol–water partition coefficient (Wildman–Crippen LogP) is 0.417. The quantitative estimate of drug-likeness (QED) is 0.760. The van der Waals surface area contributed by atoms with E-state index in [2.05, 4.69) is 10.1 Å². The lowest BCUT2D eigenvalue weighted by atomic mass is 10.3. The number of rotatable bonds is 5. The number of carboxylic acid groups (broad SMARTS) is 1. The predicted molar refractivity (Wildman–Crippen MR) is 54.2 cm³/mol. The molecule has 0 spiro atoms. The molecule has 6 heteroatoms. The molecule has 0 aliphatic carbocycles. The monoisotopic (exact) mass is 227 g/mol. The number of amides is 1. The Balaban J connectivity index is 2.49. The number of carbonyl (C=O) groups excluding carboxylic acids is 1. The van der Waals surface area contributed by atoms with Crippen molar-refractivity contribution < 1.29 is 23.8 Å². The third-order valence-electron chi connectivity index (χ3n) is 2.00. The Labute approximate surface area is 92.2 Å². The third-order valence-corrected chi connectivity index (χ3v) is 2.00. The second-order valence-electron chi connectivity index (χ2n) is 3.22. The average molecular weight is 227 g/mol. The number of hydrogen-bond donors (Lipinski definition) is 2. The Morgan fingerprint density at radius 3 is 2.75 bits per heavy atom. The summed E-state index contributed by atoms with van der Waals surface area (Å²) < 4.78 is 9.62. The number of ether oxygens (including phenoxy) is 1. The van der Waals surface area contributed by atoms with Gasteiger partial charge in [0.05, 0.1) is 12.1 Å². The molecule has 88 valence electrons. The molecule has 16 heavy (non-hydrogen) atoms. The van der Waals surface area contributed by atoms with Crippen LogP contribution in [0.25, 0.3) is 0 Å². The molecule has 0 bridgehead atoms. The molecular formula is C10H13NO5. The van der Waals surface area contributed by atoms with Crippen LogP contribution in [-0.2, 0) is 9.53 Å². The zero-order chi connectivity index (χ0) is 12.1. The molecule has 1 amide bonds. The van der Waals surface area contributed by atoms with Gasteiger partial charge in [-0.05, 0) is 13.0 Å². The fourth-order valence-electron chi connectivity index (χ4n) is 1.12. The Bertz CT molecular complexity index is 384. The van der Waals surface area contributed by atoms with Gasteiger partial charge in [0.15, 0.2) is 6.10 Å². The molecule has 2 N–H and O–H groups in total. The van der Waals surface area contributed by atoms with Gasteiger partial charge in [-0.3, -0.25) is 4.79 Å². The maximum atomic E-state index is 11.5. The summed E-state index contributed by atoms with van der Waals surface area (Å²) in [7, 11) is 1.27. The number of aryl methyl sites for hydroxylation is 1. The first-order chi connectivity index (χ1) is 7.54. The first-order valence-corrected chi connectivity index (χ1v) is 4.63. The molecule has 0 aromatic carbocycles. The number of hydrogen-bond acceptors (Lipinski definition) is 4. The highest BCUT2D eigenvalue weighted by atomic mass is 16.5. The molecule has 1 aromatic heterocycles. The maximum absolute atomic E-state index is 11.5. The molecule has 0 saturated carbocycles. The van der Waals surface area contributed by atoms with Crippen LogP contribution in [0.2, 0.25) is 0 Å². The summed E-state index contributed by atoms with van der Waals surface area (Å²) in [5.74, 6) is -0.891. The van der Waals surface area contributed by atoms with Crippen LogP contribution in [-0.4, -0.2) is 36.7 Å². The van der Waals surface area contributed by atoms with Gasteiger partial charge in [-0.1, -0.05) is 0 Å². The minimum absolute atomic E-state index is 0.0884. The van der Waals surface area contributed by atoms with E-state index in [1.807, 2.05) is 0 Å². The summed E-state index contributed by atoms with van der Waals surface area (Å²) >= 11 is 0. The van der Waals surface area contributed by atoms with Crippen LogP contribution in [0.4, 0.5) is 0 Å². The van der Waals surface area contributed by atoms with Gasteiger partial charge in [0.25, 0.3) is 5.91 Å². The number of nitrogens with one attached hydrogen (secondary N) is 1. The largest absolute Gasteiger partial charge is 0.479 e. The van der Waals surface area contributed by atoms with Crippen molar-refractivity contribution in [2.24, 2.45) is 0 Å². The van der Waals surface area contributed by atoms with E-state index in [0.717, 1.165) is 0 Å². The lowest BCUT2D eigenvalue weighted by Crippen LogP contribution is -2.37. The maximum Gasteiger partial charge on any atom is 0.334 e. The van der Waals surface area contributed by atoms with Crippen LogP contribution in [0.3, 0.4) is 0 Å². The third kappa shape index (κ3) is 3.09. The highest BCUT2D eigenvalue weighted by Crippen LogP contribution is 2.05. The lowest BCUT2D eigenvalue weighted by molar-refractivity contribution is -0.148. The smallest absolute Gasteiger partial charge is 0.334 e. The second kappa shape index (κ2) is 5.32. The zero-order valence-electron chi connectivity index (χ0n) is 9.02. The molecule has 1 rings (SSSR count). The normalized spacial score (nSPS) is 12.1. The van der Waals surface area contributed by atoms with E-state index < -0.39 is 12.1 Å². The van der Waals surface area contributed by atoms with E-state index in [-0.39, 0.29) is 12.5 Å². The van der Waals surface area contributed by atoms with E-state index in [0.29, 0.717) is 11.3 Å². The van der Waals surface area contributed by atoms with Gasteiger partial charge in [0, 0.05) is 7.11 Å². The van der Waals surface area contributed by atoms with Gasteiger partial charge < -0.3 is 19.6 Å². The molecule has 0 saturated heterocycles. The first-order valence-electron chi connectivity index (χ1n) is 4.63. The number of furan rings is 1. The summed E-state index contributed by atoms with van der Waals surface area (Å²) in [6.45, 7) is 1.63. The number of carboxylic acids is 1. The summed E-state index contributed by atoms with van der Waals surface area (Å²) in [4.78, 5) is 22.1. The molecule has 0 fully saturated rings. The molecule has 0 aliphatic rings. The Morgan fingerprint density at radius 1 is 1.62 bits per heavy atom. The molecule has 0 aliphatic heterocycles. The average Bonchev–Trinajstić information content (AvgIpc) is 2.65. The fraction of sp³-hybridized carbons (Fsp3) is 0.400. The van der Waals surface area contributed by atoms with Crippen LogP contribution >= 0.6 is 0 Å². The summed E-state index contributed by atoms with van der Waals surface area (Å²) in [6, 6.07) is 1.57. The Hall–Kier alpha value is -1.82. The fourth-order valence-corrected chi connectivity index (χ4v) is 1.12. The summed E-state index contributed by atoms with van der Waals surface area (Å²) in [5, 5.41) is 11.1. The van der Waals surface area contributed by atoms with Gasteiger partial charge in [-0.25, -0.2) is 4.79 Å². The topological polar surface area (TPSA) is 88.8 Å². The highest BCUT2D eigenvalue weighted by molar-refractivity contribution is 5.94. The SMILES string of the molecule is COC(CNC(=O)c1coc(C)c1)C(=O)O. The van der Waals surface area contributed by atoms with Gasteiger partial charge in [0.2, 0.25) is 0 Å². The van der Waals surface area contributed by atoms with E-state index in [1.54, 1.807) is 13.0 Å². The van der Waals surface area contributed by atoms with Crippen LogP contribution in [0.5, 0.6) is 0 Å².